The van der Waals surface area contributed by atoms with E-state index in [9.17, 15) is 5.11 Å². The SMILES string of the molecule is CCC(C)(O)/N=N/Cc1ccccc1. The molecule has 0 aliphatic heterocycles. The second-order valence-electron chi connectivity index (χ2n) is 3.46. The molecule has 0 aliphatic carbocycles. The summed E-state index contributed by atoms with van der Waals surface area (Å²) >= 11 is 0. The molecule has 1 rings (SSSR count). The van der Waals surface area contributed by atoms with Crippen LogP contribution in [0.15, 0.2) is 40.6 Å². The maximum absolute atomic E-state index is 9.54. The zero-order valence-corrected chi connectivity index (χ0v) is 8.64. The van der Waals surface area contributed by atoms with Gasteiger partial charge in [0, 0.05) is 0 Å². The Kier molecular flexibility index (Phi) is 3.77. The lowest BCUT2D eigenvalue weighted by molar-refractivity contribution is 0.0569. The Morgan fingerprint density at radius 1 is 1.29 bits per heavy atom. The molecule has 1 aromatic rings. The average Bonchev–Trinajstić information content (AvgIpc) is 2.19. The largest absolute Gasteiger partial charge is 0.368 e. The predicted octanol–water partition coefficient (Wildman–Crippen LogP) is 2.76. The van der Waals surface area contributed by atoms with Crippen LogP contribution in [0.2, 0.25) is 0 Å². The number of rotatable bonds is 4. The summed E-state index contributed by atoms with van der Waals surface area (Å²) in [6.07, 6.45) is 0.575. The van der Waals surface area contributed by atoms with Crippen molar-refractivity contribution in [1.82, 2.24) is 0 Å². The van der Waals surface area contributed by atoms with E-state index in [2.05, 4.69) is 10.2 Å². The molecule has 1 atom stereocenters. The van der Waals surface area contributed by atoms with Crippen LogP contribution in [0.4, 0.5) is 0 Å². The first-order valence-electron chi connectivity index (χ1n) is 4.79. The average molecular weight is 192 g/mol. The number of azo groups is 1. The van der Waals surface area contributed by atoms with Gasteiger partial charge in [-0.15, -0.1) is 0 Å². The molecule has 0 spiro atoms. The van der Waals surface area contributed by atoms with Crippen LogP contribution in [-0.2, 0) is 6.54 Å². The van der Waals surface area contributed by atoms with E-state index in [1.165, 1.54) is 0 Å². The smallest absolute Gasteiger partial charge is 0.172 e. The van der Waals surface area contributed by atoms with Gasteiger partial charge in [-0.3, -0.25) is 0 Å². The minimum atomic E-state index is -1.02. The molecule has 14 heavy (non-hydrogen) atoms. The van der Waals surface area contributed by atoms with Crippen molar-refractivity contribution in [2.24, 2.45) is 10.2 Å². The van der Waals surface area contributed by atoms with Crippen molar-refractivity contribution in [1.29, 1.82) is 0 Å². The molecule has 0 fully saturated rings. The second-order valence-corrected chi connectivity index (χ2v) is 3.46. The highest BCUT2D eigenvalue weighted by molar-refractivity contribution is 5.14. The van der Waals surface area contributed by atoms with E-state index in [0.717, 1.165) is 5.56 Å². The lowest BCUT2D eigenvalue weighted by Gasteiger charge is -2.12. The van der Waals surface area contributed by atoms with Crippen LogP contribution in [0.3, 0.4) is 0 Å². The zero-order chi connectivity index (χ0) is 10.4. The van der Waals surface area contributed by atoms with Crippen molar-refractivity contribution < 1.29 is 5.11 Å². The van der Waals surface area contributed by atoms with Crippen molar-refractivity contribution >= 4 is 0 Å². The lowest BCUT2D eigenvalue weighted by atomic mass is 10.2. The second kappa shape index (κ2) is 4.86. The van der Waals surface area contributed by atoms with Gasteiger partial charge < -0.3 is 5.11 Å². The number of benzene rings is 1. The third-order valence-electron chi connectivity index (χ3n) is 2.05. The number of nitrogens with zero attached hydrogens (tertiary/aromatic N) is 2. The van der Waals surface area contributed by atoms with Crippen LogP contribution in [0, 0.1) is 0 Å². The molecule has 0 amide bonds. The maximum Gasteiger partial charge on any atom is 0.172 e. The summed E-state index contributed by atoms with van der Waals surface area (Å²) in [5.41, 5.74) is 0.0811. The van der Waals surface area contributed by atoms with Crippen LogP contribution < -0.4 is 0 Å². The van der Waals surface area contributed by atoms with Crippen molar-refractivity contribution in [2.45, 2.75) is 32.5 Å². The van der Waals surface area contributed by atoms with Crippen LogP contribution >= 0.6 is 0 Å². The normalized spacial score (nSPS) is 15.6. The summed E-state index contributed by atoms with van der Waals surface area (Å²) in [6, 6.07) is 9.85. The van der Waals surface area contributed by atoms with E-state index >= 15 is 0 Å². The zero-order valence-electron chi connectivity index (χ0n) is 8.64. The van der Waals surface area contributed by atoms with Gasteiger partial charge >= 0.3 is 0 Å². The topological polar surface area (TPSA) is 45.0 Å². The van der Waals surface area contributed by atoms with Gasteiger partial charge in [-0.05, 0) is 18.9 Å². The Morgan fingerprint density at radius 2 is 1.93 bits per heavy atom. The Balaban J connectivity index is 2.49. The lowest BCUT2D eigenvalue weighted by Crippen LogP contribution is -2.18. The quantitative estimate of drug-likeness (QED) is 0.732. The molecule has 76 valence electrons. The number of hydrogen-bond donors (Lipinski definition) is 1. The molecule has 0 aliphatic rings. The molecule has 1 aromatic carbocycles. The summed E-state index contributed by atoms with van der Waals surface area (Å²) in [6.45, 7) is 4.06. The Bertz CT molecular complexity index is 293. The van der Waals surface area contributed by atoms with Crippen LogP contribution in [0.5, 0.6) is 0 Å². The summed E-state index contributed by atoms with van der Waals surface area (Å²) in [7, 11) is 0. The highest BCUT2D eigenvalue weighted by Crippen LogP contribution is 2.11. The van der Waals surface area contributed by atoms with E-state index in [1.807, 2.05) is 37.3 Å². The third-order valence-corrected chi connectivity index (χ3v) is 2.05. The van der Waals surface area contributed by atoms with Gasteiger partial charge in [-0.25, -0.2) is 0 Å². The molecular formula is C11H16N2O. The highest BCUT2D eigenvalue weighted by atomic mass is 16.3. The van der Waals surface area contributed by atoms with Crippen molar-refractivity contribution in [3.63, 3.8) is 0 Å². The Morgan fingerprint density at radius 3 is 2.50 bits per heavy atom. The van der Waals surface area contributed by atoms with Gasteiger partial charge in [0.15, 0.2) is 5.72 Å². The fourth-order valence-electron chi connectivity index (χ4n) is 0.923. The minimum Gasteiger partial charge on any atom is -0.368 e. The molecule has 0 heterocycles. The monoisotopic (exact) mass is 192 g/mol. The molecule has 0 bridgehead atoms. The van der Waals surface area contributed by atoms with E-state index in [1.54, 1.807) is 6.92 Å². The van der Waals surface area contributed by atoms with Crippen LogP contribution in [0.25, 0.3) is 0 Å². The standard InChI is InChI=1S/C11H16N2O/c1-3-11(2,14)13-12-9-10-7-5-4-6-8-10/h4-8,14H,3,9H2,1-2H3/b13-12+. The van der Waals surface area contributed by atoms with Gasteiger partial charge in [0.2, 0.25) is 0 Å². The highest BCUT2D eigenvalue weighted by Gasteiger charge is 2.14. The number of hydrogen-bond acceptors (Lipinski definition) is 3. The van der Waals surface area contributed by atoms with Crippen molar-refractivity contribution in [3.05, 3.63) is 35.9 Å². The molecule has 0 radical (unpaired) electrons. The van der Waals surface area contributed by atoms with Crippen molar-refractivity contribution in [3.8, 4) is 0 Å². The summed E-state index contributed by atoms with van der Waals surface area (Å²) in [5, 5.41) is 17.4. The van der Waals surface area contributed by atoms with Crippen LogP contribution in [0.1, 0.15) is 25.8 Å². The third kappa shape index (κ3) is 3.66. The molecule has 0 saturated carbocycles. The molecule has 1 unspecified atom stereocenters. The first kappa shape index (κ1) is 10.9. The summed E-state index contributed by atoms with van der Waals surface area (Å²) < 4.78 is 0. The Labute approximate surface area is 84.5 Å². The van der Waals surface area contributed by atoms with Gasteiger partial charge in [-0.1, -0.05) is 37.3 Å². The minimum absolute atomic E-state index is 0.525. The van der Waals surface area contributed by atoms with Crippen LogP contribution in [-0.4, -0.2) is 10.8 Å². The first-order chi connectivity index (χ1) is 6.64. The fourth-order valence-corrected chi connectivity index (χ4v) is 0.923. The van der Waals surface area contributed by atoms with Gasteiger partial charge in [-0.2, -0.15) is 10.2 Å². The number of aliphatic hydroxyl groups is 1. The maximum atomic E-state index is 9.54. The molecule has 0 saturated heterocycles. The first-order valence-corrected chi connectivity index (χ1v) is 4.79. The van der Waals surface area contributed by atoms with Gasteiger partial charge in [0.25, 0.3) is 0 Å². The Hall–Kier alpha value is -1.22. The van der Waals surface area contributed by atoms with E-state index in [-0.39, 0.29) is 0 Å². The molecule has 3 heteroatoms. The molecule has 3 nitrogen and oxygen atoms in total. The summed E-state index contributed by atoms with van der Waals surface area (Å²) in [4.78, 5) is 0. The molecule has 1 N–H and O–H groups in total. The molecule has 0 aromatic heterocycles. The van der Waals surface area contributed by atoms with E-state index < -0.39 is 5.72 Å². The van der Waals surface area contributed by atoms with Gasteiger partial charge in [0.1, 0.15) is 0 Å². The summed E-state index contributed by atoms with van der Waals surface area (Å²) in [5.74, 6) is 0. The van der Waals surface area contributed by atoms with E-state index in [4.69, 9.17) is 0 Å². The molecular weight excluding hydrogens is 176 g/mol. The van der Waals surface area contributed by atoms with Gasteiger partial charge in [0.05, 0.1) is 6.54 Å². The predicted molar refractivity (Wildman–Crippen MR) is 55.9 cm³/mol. The van der Waals surface area contributed by atoms with Crippen molar-refractivity contribution in [2.75, 3.05) is 0 Å². The van der Waals surface area contributed by atoms with E-state index in [0.29, 0.717) is 13.0 Å². The fraction of sp³-hybridized carbons (Fsp3) is 0.455.